The van der Waals surface area contributed by atoms with Crippen molar-refractivity contribution in [1.29, 1.82) is 0 Å². The molecule has 0 spiro atoms. The molecule has 2 nitrogen and oxygen atoms in total. The second-order valence-corrected chi connectivity index (χ2v) is 3.02. The van der Waals surface area contributed by atoms with Gasteiger partial charge < -0.3 is 4.74 Å². The van der Waals surface area contributed by atoms with E-state index >= 15 is 0 Å². The Morgan fingerprint density at radius 1 is 1.70 bits per heavy atom. The number of aromatic nitrogens is 1. The van der Waals surface area contributed by atoms with Crippen molar-refractivity contribution in [3.05, 3.63) is 17.1 Å². The zero-order chi connectivity index (χ0) is 7.40. The van der Waals surface area contributed by atoms with Gasteiger partial charge >= 0.3 is 0 Å². The van der Waals surface area contributed by atoms with Crippen LogP contribution < -0.4 is 0 Å². The van der Waals surface area contributed by atoms with Gasteiger partial charge in [0.05, 0.1) is 18.4 Å². The van der Waals surface area contributed by atoms with E-state index in [4.69, 9.17) is 4.74 Å². The maximum absolute atomic E-state index is 5.33. The first kappa shape index (κ1) is 7.69. The van der Waals surface area contributed by atoms with Gasteiger partial charge in [-0.15, -0.1) is 0 Å². The fourth-order valence-corrected chi connectivity index (χ4v) is 1.09. The molecule has 0 radical (unpaired) electrons. The van der Waals surface area contributed by atoms with Crippen LogP contribution in [-0.4, -0.2) is 10.5 Å². The van der Waals surface area contributed by atoms with Crippen LogP contribution in [0.2, 0.25) is 0 Å². The summed E-state index contributed by atoms with van der Waals surface area (Å²) in [6.07, 6.45) is 0.293. The van der Waals surface area contributed by atoms with E-state index in [0.717, 1.165) is 5.69 Å². The van der Waals surface area contributed by atoms with Crippen LogP contribution in [0.5, 0.6) is 0 Å². The lowest BCUT2D eigenvalue weighted by molar-refractivity contribution is 0.0641. The van der Waals surface area contributed by atoms with Gasteiger partial charge in [0.1, 0.15) is 0 Å². The Morgan fingerprint density at radius 3 is 3.00 bits per heavy atom. The molecule has 0 amide bonds. The van der Waals surface area contributed by atoms with Gasteiger partial charge in [0.15, 0.2) is 0 Å². The van der Waals surface area contributed by atoms with Crippen molar-refractivity contribution in [3.8, 4) is 0 Å². The van der Waals surface area contributed by atoms with E-state index in [1.54, 1.807) is 0 Å². The molecule has 1 rings (SSSR count). The van der Waals surface area contributed by atoms with Gasteiger partial charge in [-0.3, -0.25) is 0 Å². The highest BCUT2D eigenvalue weighted by Gasteiger charge is 1.96. The summed E-state index contributed by atoms with van der Waals surface area (Å²) >= 11 is 1.46. The Morgan fingerprint density at radius 2 is 2.50 bits per heavy atom. The molecule has 0 fully saturated rings. The Hall–Kier alpha value is -0.410. The average molecular weight is 157 g/mol. The fourth-order valence-electron chi connectivity index (χ4n) is 0.564. The summed E-state index contributed by atoms with van der Waals surface area (Å²) in [4.78, 5) is 0. The van der Waals surface area contributed by atoms with Crippen LogP contribution in [0, 0.1) is 0 Å². The molecule has 3 heteroatoms. The van der Waals surface area contributed by atoms with E-state index in [0.29, 0.717) is 12.7 Å². The van der Waals surface area contributed by atoms with Crippen LogP contribution in [0.4, 0.5) is 0 Å². The molecule has 1 aromatic heterocycles. The monoisotopic (exact) mass is 157 g/mol. The largest absolute Gasteiger partial charge is 0.372 e. The first-order chi connectivity index (χ1) is 4.79. The molecule has 0 aliphatic heterocycles. The topological polar surface area (TPSA) is 22.1 Å². The maximum Gasteiger partial charge on any atom is 0.0902 e. The van der Waals surface area contributed by atoms with Crippen molar-refractivity contribution < 1.29 is 4.74 Å². The highest BCUT2D eigenvalue weighted by atomic mass is 32.1. The van der Waals surface area contributed by atoms with E-state index < -0.39 is 0 Å². The summed E-state index contributed by atoms with van der Waals surface area (Å²) in [5.74, 6) is 0. The molecule has 0 unspecified atom stereocenters. The minimum absolute atomic E-state index is 0.293. The molecular weight excluding hydrogens is 146 g/mol. The number of hydrogen-bond donors (Lipinski definition) is 0. The zero-order valence-corrected chi connectivity index (χ0v) is 7.02. The molecule has 10 heavy (non-hydrogen) atoms. The third kappa shape index (κ3) is 2.45. The van der Waals surface area contributed by atoms with Crippen molar-refractivity contribution >= 4 is 11.5 Å². The second-order valence-electron chi connectivity index (χ2n) is 2.35. The molecule has 1 heterocycles. The Balaban J connectivity index is 2.28. The Kier molecular flexibility index (Phi) is 2.83. The summed E-state index contributed by atoms with van der Waals surface area (Å²) in [5, 5.41) is 1.96. The lowest BCUT2D eigenvalue weighted by Crippen LogP contribution is -2.01. The summed E-state index contributed by atoms with van der Waals surface area (Å²) in [7, 11) is 0. The standard InChI is InChI=1S/C7H11NOS/c1-6(2)9-5-7-3-4-10-8-7/h3-4,6H,5H2,1-2H3. The molecular formula is C7H11NOS. The minimum Gasteiger partial charge on any atom is -0.372 e. The van der Waals surface area contributed by atoms with Crippen molar-refractivity contribution in [1.82, 2.24) is 4.37 Å². The molecule has 0 bridgehead atoms. The number of rotatable bonds is 3. The predicted octanol–water partition coefficient (Wildman–Crippen LogP) is 2.07. The SMILES string of the molecule is CC(C)OCc1ccsn1. The molecule has 1 aromatic rings. The highest BCUT2D eigenvalue weighted by molar-refractivity contribution is 7.03. The number of ether oxygens (including phenoxy) is 1. The van der Waals surface area contributed by atoms with Gasteiger partial charge in [0.25, 0.3) is 0 Å². The molecule has 0 saturated heterocycles. The molecule has 0 saturated carbocycles. The third-order valence-corrected chi connectivity index (χ3v) is 1.65. The van der Waals surface area contributed by atoms with Crippen LogP contribution in [0.1, 0.15) is 19.5 Å². The van der Waals surface area contributed by atoms with E-state index in [2.05, 4.69) is 4.37 Å². The van der Waals surface area contributed by atoms with E-state index in [1.807, 2.05) is 25.3 Å². The minimum atomic E-state index is 0.293. The third-order valence-electron chi connectivity index (χ3n) is 1.06. The van der Waals surface area contributed by atoms with Crippen LogP contribution in [0.25, 0.3) is 0 Å². The first-order valence-electron chi connectivity index (χ1n) is 3.30. The molecule has 0 aromatic carbocycles. The number of nitrogens with zero attached hydrogens (tertiary/aromatic N) is 1. The zero-order valence-electron chi connectivity index (χ0n) is 6.20. The van der Waals surface area contributed by atoms with E-state index in [1.165, 1.54) is 11.5 Å². The van der Waals surface area contributed by atoms with Gasteiger partial charge in [0.2, 0.25) is 0 Å². The fraction of sp³-hybridized carbons (Fsp3) is 0.571. The first-order valence-corrected chi connectivity index (χ1v) is 4.13. The summed E-state index contributed by atoms with van der Waals surface area (Å²) in [6.45, 7) is 4.68. The molecule has 0 aliphatic rings. The molecule has 56 valence electrons. The lowest BCUT2D eigenvalue weighted by atomic mass is 10.4. The quantitative estimate of drug-likeness (QED) is 0.670. The van der Waals surface area contributed by atoms with Gasteiger partial charge in [-0.2, -0.15) is 4.37 Å². The lowest BCUT2D eigenvalue weighted by Gasteiger charge is -2.03. The summed E-state index contributed by atoms with van der Waals surface area (Å²) in [6, 6.07) is 1.98. The van der Waals surface area contributed by atoms with Gasteiger partial charge in [-0.25, -0.2) is 0 Å². The van der Waals surface area contributed by atoms with Crippen molar-refractivity contribution in [2.75, 3.05) is 0 Å². The van der Waals surface area contributed by atoms with Crippen molar-refractivity contribution in [3.63, 3.8) is 0 Å². The van der Waals surface area contributed by atoms with E-state index in [9.17, 15) is 0 Å². The van der Waals surface area contributed by atoms with Crippen LogP contribution in [0.15, 0.2) is 11.4 Å². The summed E-state index contributed by atoms with van der Waals surface area (Å²) in [5.41, 5.74) is 1.03. The Bertz CT molecular complexity index is 172. The average Bonchev–Trinajstić information content (AvgIpc) is 2.34. The van der Waals surface area contributed by atoms with Crippen molar-refractivity contribution in [2.24, 2.45) is 0 Å². The van der Waals surface area contributed by atoms with Crippen LogP contribution >= 0.6 is 11.5 Å². The van der Waals surface area contributed by atoms with Crippen LogP contribution in [0.3, 0.4) is 0 Å². The van der Waals surface area contributed by atoms with Gasteiger partial charge in [0, 0.05) is 5.38 Å². The Labute approximate surface area is 65.0 Å². The van der Waals surface area contributed by atoms with Gasteiger partial charge in [-0.05, 0) is 31.4 Å². The van der Waals surface area contributed by atoms with E-state index in [-0.39, 0.29) is 0 Å². The second kappa shape index (κ2) is 3.68. The van der Waals surface area contributed by atoms with Gasteiger partial charge in [-0.1, -0.05) is 0 Å². The smallest absolute Gasteiger partial charge is 0.0902 e. The van der Waals surface area contributed by atoms with Crippen molar-refractivity contribution in [2.45, 2.75) is 26.6 Å². The number of hydrogen-bond acceptors (Lipinski definition) is 3. The molecule has 0 atom stereocenters. The molecule has 0 aliphatic carbocycles. The summed E-state index contributed by atoms with van der Waals surface area (Å²) < 4.78 is 9.44. The predicted molar refractivity (Wildman–Crippen MR) is 42.0 cm³/mol. The van der Waals surface area contributed by atoms with Crippen LogP contribution in [-0.2, 0) is 11.3 Å². The highest BCUT2D eigenvalue weighted by Crippen LogP contribution is 2.02. The normalized spacial score (nSPS) is 10.7. The maximum atomic E-state index is 5.33. The molecule has 0 N–H and O–H groups in total.